The van der Waals surface area contributed by atoms with Gasteiger partial charge in [-0.25, -0.2) is 17.6 Å². The zero-order chi connectivity index (χ0) is 26.7. The van der Waals surface area contributed by atoms with Crippen LogP contribution in [0.2, 0.25) is 0 Å². The van der Waals surface area contributed by atoms with Gasteiger partial charge in [-0.2, -0.15) is 4.31 Å². The number of para-hydroxylation sites is 1. The van der Waals surface area contributed by atoms with E-state index in [1.54, 1.807) is 29.2 Å². The van der Waals surface area contributed by atoms with Gasteiger partial charge in [0.15, 0.2) is 0 Å². The Labute approximate surface area is 214 Å². The van der Waals surface area contributed by atoms with Gasteiger partial charge in [-0.15, -0.1) is 0 Å². The number of piperazine rings is 1. The molecular formula is C24H28FN5O6S. The van der Waals surface area contributed by atoms with Crippen LogP contribution in [0.25, 0.3) is 0 Å². The number of sulfonamides is 1. The second-order valence-corrected chi connectivity index (χ2v) is 10.7. The molecule has 11 nitrogen and oxygen atoms in total. The second-order valence-electron chi connectivity index (χ2n) is 8.76. The van der Waals surface area contributed by atoms with Crippen LogP contribution >= 0.6 is 0 Å². The molecule has 2 aliphatic rings. The van der Waals surface area contributed by atoms with Gasteiger partial charge in [-0.05, 0) is 30.3 Å². The average Bonchev–Trinajstić information content (AvgIpc) is 3.23. The van der Waals surface area contributed by atoms with E-state index in [1.165, 1.54) is 41.3 Å². The first kappa shape index (κ1) is 26.4. The van der Waals surface area contributed by atoms with E-state index in [9.17, 15) is 22.8 Å². The minimum atomic E-state index is -3.88. The molecule has 1 atom stereocenters. The zero-order valence-electron chi connectivity index (χ0n) is 20.4. The maximum Gasteiger partial charge on any atom is 0.414 e. The fourth-order valence-electron chi connectivity index (χ4n) is 4.31. The second kappa shape index (κ2) is 10.7. The topological polar surface area (TPSA) is 128 Å². The Hall–Kier alpha value is -3.71. The zero-order valence-corrected chi connectivity index (χ0v) is 21.3. The molecule has 0 unspecified atom stereocenters. The van der Waals surface area contributed by atoms with Crippen molar-refractivity contribution < 1.29 is 31.9 Å². The number of benzene rings is 2. The molecule has 0 radical (unpaired) electrons. The molecule has 2 aromatic carbocycles. The van der Waals surface area contributed by atoms with Crippen molar-refractivity contribution in [3.63, 3.8) is 0 Å². The summed E-state index contributed by atoms with van der Waals surface area (Å²) in [5.74, 6) is -1.17. The maximum atomic E-state index is 15.1. The summed E-state index contributed by atoms with van der Waals surface area (Å²) in [5.41, 5.74) is 0.827. The van der Waals surface area contributed by atoms with Gasteiger partial charge < -0.3 is 20.3 Å². The lowest BCUT2D eigenvalue weighted by atomic mass is 10.2. The van der Waals surface area contributed by atoms with E-state index in [0.29, 0.717) is 11.4 Å². The van der Waals surface area contributed by atoms with Crippen molar-refractivity contribution in [3.05, 3.63) is 48.3 Å². The summed E-state index contributed by atoms with van der Waals surface area (Å²) >= 11 is 0. The highest BCUT2D eigenvalue weighted by Gasteiger charge is 2.34. The molecule has 2 fully saturated rings. The van der Waals surface area contributed by atoms with Gasteiger partial charge in [-0.1, -0.05) is 12.1 Å². The number of nitrogens with zero attached hydrogens (tertiary/aromatic N) is 3. The third-order valence-corrected chi connectivity index (χ3v) is 8.05. The largest absolute Gasteiger partial charge is 0.442 e. The Bertz CT molecular complexity index is 1310. The third-order valence-electron chi connectivity index (χ3n) is 6.09. The number of nitrogens with one attached hydrogen (secondary N) is 2. The predicted octanol–water partition coefficient (Wildman–Crippen LogP) is 1.76. The summed E-state index contributed by atoms with van der Waals surface area (Å²) < 4.78 is 48.1. The predicted molar refractivity (Wildman–Crippen MR) is 134 cm³/mol. The highest BCUT2D eigenvalue weighted by Crippen LogP contribution is 2.30. The summed E-state index contributed by atoms with van der Waals surface area (Å²) in [4.78, 5) is 37.9. The molecule has 198 valence electrons. The number of hydrogen-bond acceptors (Lipinski definition) is 7. The SMILES string of the molecule is CC(=O)NC[C@H]1CN(c2ccc(N3CCN(S(=O)(=O)c4ccccc4NC(C)=O)CC3)c(F)c2)C(=O)O1. The Morgan fingerprint density at radius 3 is 2.41 bits per heavy atom. The van der Waals surface area contributed by atoms with Crippen LogP contribution in [-0.2, 0) is 24.3 Å². The molecule has 0 saturated carbocycles. The number of ether oxygens (including phenoxy) is 1. The van der Waals surface area contributed by atoms with E-state index in [4.69, 9.17) is 4.74 Å². The van der Waals surface area contributed by atoms with Crippen molar-refractivity contribution in [2.45, 2.75) is 24.8 Å². The van der Waals surface area contributed by atoms with Gasteiger partial charge in [0, 0.05) is 40.0 Å². The van der Waals surface area contributed by atoms with Crippen molar-refractivity contribution in [3.8, 4) is 0 Å². The standard InChI is InChI=1S/C24H28FN5O6S/c1-16(31)26-14-19-15-30(24(33)36-19)18-7-8-22(20(25)13-18)28-9-11-29(12-10-28)37(34,35)23-6-4-3-5-21(23)27-17(2)32/h3-8,13,19H,9-12,14-15H2,1-2H3,(H,26,31)(H,27,32)/t19-/m0/s1. The molecular weight excluding hydrogens is 505 g/mol. The molecule has 2 N–H and O–H groups in total. The van der Waals surface area contributed by atoms with E-state index in [2.05, 4.69) is 10.6 Å². The summed E-state index contributed by atoms with van der Waals surface area (Å²) in [6.45, 7) is 3.77. The molecule has 0 spiro atoms. The fraction of sp³-hybridized carbons (Fsp3) is 0.375. The lowest BCUT2D eigenvalue weighted by Gasteiger charge is -2.35. The van der Waals surface area contributed by atoms with E-state index in [-0.39, 0.29) is 61.7 Å². The van der Waals surface area contributed by atoms with E-state index >= 15 is 4.39 Å². The van der Waals surface area contributed by atoms with Crippen LogP contribution in [0, 0.1) is 5.82 Å². The van der Waals surface area contributed by atoms with Crippen LogP contribution in [0.5, 0.6) is 0 Å². The van der Waals surface area contributed by atoms with Crippen molar-refractivity contribution >= 4 is 45.0 Å². The number of carbonyl (C=O) groups is 3. The molecule has 4 rings (SSSR count). The summed E-state index contributed by atoms with van der Waals surface area (Å²) in [6.07, 6.45) is -1.16. The average molecular weight is 534 g/mol. The Morgan fingerprint density at radius 2 is 1.76 bits per heavy atom. The highest BCUT2D eigenvalue weighted by molar-refractivity contribution is 7.89. The number of amides is 3. The van der Waals surface area contributed by atoms with Gasteiger partial charge in [0.05, 0.1) is 30.2 Å². The lowest BCUT2D eigenvalue weighted by molar-refractivity contribution is -0.119. The van der Waals surface area contributed by atoms with Gasteiger partial charge in [-0.3, -0.25) is 14.5 Å². The van der Waals surface area contributed by atoms with Crippen LogP contribution in [0.15, 0.2) is 47.4 Å². The van der Waals surface area contributed by atoms with Crippen LogP contribution < -0.4 is 20.4 Å². The van der Waals surface area contributed by atoms with Gasteiger partial charge in [0.25, 0.3) is 0 Å². The number of hydrogen-bond donors (Lipinski definition) is 2. The van der Waals surface area contributed by atoms with E-state index in [0.717, 1.165) is 0 Å². The maximum absolute atomic E-state index is 15.1. The molecule has 0 aliphatic carbocycles. The Morgan fingerprint density at radius 1 is 1.05 bits per heavy atom. The van der Waals surface area contributed by atoms with Gasteiger partial charge in [0.1, 0.15) is 16.8 Å². The molecule has 2 aromatic rings. The minimum Gasteiger partial charge on any atom is -0.442 e. The normalized spacial score (nSPS) is 18.5. The van der Waals surface area contributed by atoms with Gasteiger partial charge in [0.2, 0.25) is 21.8 Å². The number of rotatable bonds is 7. The Balaban J connectivity index is 1.42. The molecule has 0 aromatic heterocycles. The number of cyclic esters (lactones) is 1. The molecule has 37 heavy (non-hydrogen) atoms. The highest BCUT2D eigenvalue weighted by atomic mass is 32.2. The molecule has 3 amide bonds. The smallest absolute Gasteiger partial charge is 0.414 e. The fourth-order valence-corrected chi connectivity index (χ4v) is 5.88. The van der Waals surface area contributed by atoms with Crippen molar-refractivity contribution in [1.29, 1.82) is 0 Å². The lowest BCUT2D eigenvalue weighted by Crippen LogP contribution is -2.49. The monoisotopic (exact) mass is 533 g/mol. The molecule has 2 saturated heterocycles. The van der Waals surface area contributed by atoms with Crippen molar-refractivity contribution in [2.75, 3.05) is 54.4 Å². The summed E-state index contributed by atoms with van der Waals surface area (Å²) in [5, 5.41) is 5.14. The minimum absolute atomic E-state index is 0.00323. The quantitative estimate of drug-likeness (QED) is 0.555. The summed E-state index contributed by atoms with van der Waals surface area (Å²) in [7, 11) is -3.88. The van der Waals surface area contributed by atoms with Crippen molar-refractivity contribution in [1.82, 2.24) is 9.62 Å². The van der Waals surface area contributed by atoms with E-state index in [1.807, 2.05) is 0 Å². The van der Waals surface area contributed by atoms with Crippen molar-refractivity contribution in [2.24, 2.45) is 0 Å². The number of halogens is 1. The Kier molecular flexibility index (Phi) is 7.64. The van der Waals surface area contributed by atoms with Crippen LogP contribution in [0.1, 0.15) is 13.8 Å². The van der Waals surface area contributed by atoms with Crippen LogP contribution in [0.3, 0.4) is 0 Å². The first-order chi connectivity index (χ1) is 17.6. The molecule has 13 heteroatoms. The molecule has 2 aliphatic heterocycles. The molecule has 2 heterocycles. The number of carbonyl (C=O) groups excluding carboxylic acids is 3. The number of anilines is 3. The summed E-state index contributed by atoms with van der Waals surface area (Å²) in [6, 6.07) is 10.6. The van der Waals surface area contributed by atoms with Crippen LogP contribution in [0.4, 0.5) is 26.2 Å². The first-order valence-corrected chi connectivity index (χ1v) is 13.1. The third kappa shape index (κ3) is 5.83. The van der Waals surface area contributed by atoms with E-state index < -0.39 is 28.0 Å². The first-order valence-electron chi connectivity index (χ1n) is 11.7. The molecule has 0 bridgehead atoms. The van der Waals surface area contributed by atoms with Crippen LogP contribution in [-0.4, -0.2) is 76.0 Å². The van der Waals surface area contributed by atoms with Gasteiger partial charge >= 0.3 is 6.09 Å².